The van der Waals surface area contributed by atoms with Gasteiger partial charge in [-0.05, 0) is 18.1 Å². The number of carbonyl (C=O) groups is 1. The zero-order chi connectivity index (χ0) is 15.9. The fraction of sp³-hybridized carbons (Fsp3) is 0.471. The van der Waals surface area contributed by atoms with E-state index >= 15 is 0 Å². The Morgan fingerprint density at radius 3 is 3.05 bits per heavy atom. The number of amides is 1. The van der Waals surface area contributed by atoms with Crippen molar-refractivity contribution >= 4 is 11.6 Å². The van der Waals surface area contributed by atoms with Crippen molar-refractivity contribution in [2.45, 2.75) is 32.8 Å². The largest absolute Gasteiger partial charge is 0.390 e. The van der Waals surface area contributed by atoms with Crippen LogP contribution in [0, 0.1) is 5.92 Å². The highest BCUT2D eigenvalue weighted by atomic mass is 16.6. The van der Waals surface area contributed by atoms with Crippen LogP contribution in [-0.2, 0) is 9.63 Å². The van der Waals surface area contributed by atoms with Gasteiger partial charge in [0.25, 0.3) is 0 Å². The third-order valence-corrected chi connectivity index (χ3v) is 3.44. The summed E-state index contributed by atoms with van der Waals surface area (Å²) >= 11 is 0. The maximum atomic E-state index is 12.3. The fourth-order valence-electron chi connectivity index (χ4n) is 2.39. The Hall–Kier alpha value is -2.17. The molecule has 118 valence electrons. The molecule has 1 atom stereocenters. The predicted octanol–water partition coefficient (Wildman–Crippen LogP) is 2.64. The monoisotopic (exact) mass is 301 g/mol. The van der Waals surface area contributed by atoms with Crippen molar-refractivity contribution in [1.29, 1.82) is 0 Å². The topological polar surface area (TPSA) is 54.8 Å². The van der Waals surface area contributed by atoms with Gasteiger partial charge in [0.15, 0.2) is 6.10 Å². The van der Waals surface area contributed by atoms with E-state index in [4.69, 9.17) is 4.84 Å². The average Bonchev–Trinajstić information content (AvgIpc) is 2.95. The van der Waals surface area contributed by atoms with E-state index in [9.17, 15) is 4.79 Å². The van der Waals surface area contributed by atoms with Crippen LogP contribution in [0.15, 0.2) is 42.3 Å². The second-order valence-electron chi connectivity index (χ2n) is 5.90. The summed E-state index contributed by atoms with van der Waals surface area (Å²) in [6.45, 7) is 8.88. The molecule has 1 amide bonds. The van der Waals surface area contributed by atoms with E-state index in [2.05, 4.69) is 16.7 Å². The van der Waals surface area contributed by atoms with E-state index in [1.165, 1.54) is 0 Å². The smallest absolute Gasteiger partial charge is 0.223 e. The Balaban J connectivity index is 1.93. The van der Waals surface area contributed by atoms with Crippen LogP contribution in [0.4, 0.5) is 0 Å². The molecule has 0 bridgehead atoms. The first-order valence-electron chi connectivity index (χ1n) is 7.62. The molecule has 0 aliphatic carbocycles. The molecule has 1 unspecified atom stereocenters. The lowest BCUT2D eigenvalue weighted by Crippen LogP contribution is -2.38. The molecule has 0 N–H and O–H groups in total. The van der Waals surface area contributed by atoms with Crippen LogP contribution in [0.5, 0.6) is 0 Å². The van der Waals surface area contributed by atoms with Crippen LogP contribution in [0.1, 0.15) is 32.3 Å². The van der Waals surface area contributed by atoms with Gasteiger partial charge >= 0.3 is 0 Å². The van der Waals surface area contributed by atoms with Crippen LogP contribution >= 0.6 is 0 Å². The standard InChI is InChI=1S/C17H23N3O2/c1-4-8-20(17(21)9-13(2)3)12-15-10-16(19-22-15)14-6-5-7-18-11-14/h4-7,11,13,15H,1,8-10,12H2,2-3H3. The van der Waals surface area contributed by atoms with Crippen molar-refractivity contribution in [3.63, 3.8) is 0 Å². The maximum Gasteiger partial charge on any atom is 0.223 e. The summed E-state index contributed by atoms with van der Waals surface area (Å²) in [4.78, 5) is 23.6. The molecule has 0 radical (unpaired) electrons. The summed E-state index contributed by atoms with van der Waals surface area (Å²) in [6.07, 6.45) is 6.37. The van der Waals surface area contributed by atoms with Crippen molar-refractivity contribution in [2.75, 3.05) is 13.1 Å². The van der Waals surface area contributed by atoms with Crippen LogP contribution in [0.3, 0.4) is 0 Å². The zero-order valence-corrected chi connectivity index (χ0v) is 13.2. The molecule has 0 fully saturated rings. The zero-order valence-electron chi connectivity index (χ0n) is 13.2. The number of carbonyl (C=O) groups excluding carboxylic acids is 1. The van der Waals surface area contributed by atoms with Crippen molar-refractivity contribution in [3.8, 4) is 0 Å². The lowest BCUT2D eigenvalue weighted by atomic mass is 10.1. The molecule has 0 aromatic carbocycles. The minimum Gasteiger partial charge on any atom is -0.390 e. The minimum atomic E-state index is -0.105. The van der Waals surface area contributed by atoms with Crippen molar-refractivity contribution in [2.24, 2.45) is 11.1 Å². The highest BCUT2D eigenvalue weighted by molar-refractivity contribution is 6.01. The Morgan fingerprint density at radius 1 is 1.59 bits per heavy atom. The first kappa shape index (κ1) is 16.2. The molecule has 1 aliphatic rings. The van der Waals surface area contributed by atoms with Gasteiger partial charge in [-0.3, -0.25) is 9.78 Å². The number of hydrogen-bond donors (Lipinski definition) is 0. The van der Waals surface area contributed by atoms with E-state index in [1.807, 2.05) is 26.0 Å². The highest BCUT2D eigenvalue weighted by Crippen LogP contribution is 2.18. The molecule has 0 saturated heterocycles. The maximum absolute atomic E-state index is 12.3. The quantitative estimate of drug-likeness (QED) is 0.728. The number of nitrogens with zero attached hydrogens (tertiary/aromatic N) is 3. The first-order valence-corrected chi connectivity index (χ1v) is 7.62. The van der Waals surface area contributed by atoms with Gasteiger partial charge in [-0.25, -0.2) is 0 Å². The summed E-state index contributed by atoms with van der Waals surface area (Å²) in [5.74, 6) is 0.472. The van der Waals surface area contributed by atoms with Gasteiger partial charge in [-0.1, -0.05) is 25.1 Å². The SMILES string of the molecule is C=CCN(CC1CC(c2cccnc2)=NO1)C(=O)CC(C)C. The lowest BCUT2D eigenvalue weighted by molar-refractivity contribution is -0.133. The molecule has 1 aromatic rings. The van der Waals surface area contributed by atoms with Gasteiger partial charge in [0.2, 0.25) is 5.91 Å². The summed E-state index contributed by atoms with van der Waals surface area (Å²) in [7, 11) is 0. The predicted molar refractivity (Wildman–Crippen MR) is 86.5 cm³/mol. The molecule has 5 heteroatoms. The average molecular weight is 301 g/mol. The van der Waals surface area contributed by atoms with Gasteiger partial charge < -0.3 is 9.74 Å². The number of hydrogen-bond acceptors (Lipinski definition) is 4. The summed E-state index contributed by atoms with van der Waals surface area (Å²) < 4.78 is 0. The Bertz CT molecular complexity index is 540. The first-order chi connectivity index (χ1) is 10.6. The van der Waals surface area contributed by atoms with E-state index in [1.54, 1.807) is 23.4 Å². The van der Waals surface area contributed by atoms with Crippen LogP contribution in [0.2, 0.25) is 0 Å². The molecule has 1 aliphatic heterocycles. The summed E-state index contributed by atoms with van der Waals surface area (Å²) in [5.41, 5.74) is 1.85. The van der Waals surface area contributed by atoms with Gasteiger partial charge in [-0.2, -0.15) is 0 Å². The van der Waals surface area contributed by atoms with Crippen LogP contribution in [0.25, 0.3) is 0 Å². The minimum absolute atomic E-state index is 0.105. The fourth-order valence-corrected chi connectivity index (χ4v) is 2.39. The van der Waals surface area contributed by atoms with E-state index in [-0.39, 0.29) is 12.0 Å². The number of rotatable bonds is 7. The Morgan fingerprint density at radius 2 is 2.41 bits per heavy atom. The van der Waals surface area contributed by atoms with Crippen LogP contribution in [-0.4, -0.2) is 40.7 Å². The third kappa shape index (κ3) is 4.41. The van der Waals surface area contributed by atoms with Crippen molar-refractivity contribution in [1.82, 2.24) is 9.88 Å². The lowest BCUT2D eigenvalue weighted by Gasteiger charge is -2.24. The molecule has 0 spiro atoms. The molecule has 2 heterocycles. The molecule has 5 nitrogen and oxygen atoms in total. The van der Waals surface area contributed by atoms with Gasteiger partial charge in [-0.15, -0.1) is 6.58 Å². The highest BCUT2D eigenvalue weighted by Gasteiger charge is 2.26. The molecule has 2 rings (SSSR count). The number of oxime groups is 1. The second-order valence-corrected chi connectivity index (χ2v) is 5.90. The van der Waals surface area contributed by atoms with E-state index in [0.29, 0.717) is 31.8 Å². The summed E-state index contributed by atoms with van der Waals surface area (Å²) in [6, 6.07) is 3.84. The molecule has 0 saturated carbocycles. The second kappa shape index (κ2) is 7.73. The molecular weight excluding hydrogens is 278 g/mol. The summed E-state index contributed by atoms with van der Waals surface area (Å²) in [5, 5.41) is 4.13. The third-order valence-electron chi connectivity index (χ3n) is 3.44. The number of aromatic nitrogens is 1. The Kier molecular flexibility index (Phi) is 5.69. The number of pyridine rings is 1. The molecule has 22 heavy (non-hydrogen) atoms. The van der Waals surface area contributed by atoms with E-state index < -0.39 is 0 Å². The molecule has 1 aromatic heterocycles. The van der Waals surface area contributed by atoms with Gasteiger partial charge in [0.1, 0.15) is 0 Å². The Labute approximate surface area is 131 Å². The van der Waals surface area contributed by atoms with Gasteiger partial charge in [0.05, 0.1) is 12.3 Å². The molecular formula is C17H23N3O2. The van der Waals surface area contributed by atoms with Crippen molar-refractivity contribution < 1.29 is 9.63 Å². The van der Waals surface area contributed by atoms with Crippen LogP contribution < -0.4 is 0 Å². The normalized spacial score (nSPS) is 17.0. The van der Waals surface area contributed by atoms with Crippen molar-refractivity contribution in [3.05, 3.63) is 42.7 Å². The van der Waals surface area contributed by atoms with E-state index in [0.717, 1.165) is 11.3 Å². The van der Waals surface area contributed by atoms with Gasteiger partial charge in [0, 0.05) is 37.3 Å².